The van der Waals surface area contributed by atoms with Crippen molar-refractivity contribution in [3.63, 3.8) is 0 Å². The largest absolute Gasteiger partial charge is 0.435 e. The zero-order valence-electron chi connectivity index (χ0n) is 11.5. The molecule has 2 N–H and O–H groups in total. The van der Waals surface area contributed by atoms with E-state index >= 15 is 0 Å². The van der Waals surface area contributed by atoms with E-state index in [1.165, 1.54) is 12.4 Å². The number of rotatable bonds is 2. The second-order valence-electron chi connectivity index (χ2n) is 5.90. The molecule has 3 rings (SSSR count). The highest BCUT2D eigenvalue weighted by Gasteiger charge is 2.47. The van der Waals surface area contributed by atoms with Crippen molar-refractivity contribution in [1.82, 2.24) is 14.6 Å². The number of hydrogen-bond donors (Lipinski definition) is 2. The van der Waals surface area contributed by atoms with E-state index in [1.807, 2.05) is 13.8 Å². The summed E-state index contributed by atoms with van der Waals surface area (Å²) in [5, 5.41) is 16.3. The summed E-state index contributed by atoms with van der Waals surface area (Å²) in [4.78, 5) is 4.09. The van der Waals surface area contributed by atoms with Crippen LogP contribution in [-0.2, 0) is 6.18 Å². The fraction of sp³-hybridized carbons (Fsp3) is 0.538. The minimum Gasteiger partial charge on any atom is -0.392 e. The van der Waals surface area contributed by atoms with Gasteiger partial charge in [0.05, 0.1) is 6.10 Å². The number of aliphatic hydroxyl groups is 1. The van der Waals surface area contributed by atoms with Gasteiger partial charge in [-0.2, -0.15) is 18.3 Å². The fourth-order valence-corrected chi connectivity index (χ4v) is 2.48. The molecule has 0 bridgehead atoms. The SMILES string of the molecule is CC1(C)C(O)CC1Nc1nccn2nc(C(F)(F)F)cc12. The first-order chi connectivity index (χ1) is 9.69. The lowest BCUT2D eigenvalue weighted by molar-refractivity contribution is -0.141. The average molecular weight is 300 g/mol. The van der Waals surface area contributed by atoms with Gasteiger partial charge in [-0.05, 0) is 6.42 Å². The van der Waals surface area contributed by atoms with E-state index in [-0.39, 0.29) is 17.0 Å². The number of hydrogen-bond acceptors (Lipinski definition) is 4. The van der Waals surface area contributed by atoms with Crippen LogP contribution in [0.1, 0.15) is 26.0 Å². The van der Waals surface area contributed by atoms with E-state index in [0.29, 0.717) is 12.2 Å². The molecule has 0 spiro atoms. The molecule has 2 unspecified atom stereocenters. The average Bonchev–Trinajstić information content (AvgIpc) is 2.83. The number of nitrogens with one attached hydrogen (secondary N) is 1. The van der Waals surface area contributed by atoms with Gasteiger partial charge in [-0.3, -0.25) is 0 Å². The normalized spacial score (nSPS) is 24.9. The number of aliphatic hydroxyl groups excluding tert-OH is 1. The van der Waals surface area contributed by atoms with Crippen LogP contribution >= 0.6 is 0 Å². The zero-order valence-corrected chi connectivity index (χ0v) is 11.5. The third-order valence-electron chi connectivity index (χ3n) is 4.21. The maximum absolute atomic E-state index is 12.7. The topological polar surface area (TPSA) is 62.5 Å². The lowest BCUT2D eigenvalue weighted by Crippen LogP contribution is -2.57. The highest BCUT2D eigenvalue weighted by atomic mass is 19.4. The summed E-state index contributed by atoms with van der Waals surface area (Å²) in [6.07, 6.45) is -1.61. The van der Waals surface area contributed by atoms with Crippen LogP contribution in [0.4, 0.5) is 19.0 Å². The highest BCUT2D eigenvalue weighted by Crippen LogP contribution is 2.42. The molecule has 0 radical (unpaired) electrons. The van der Waals surface area contributed by atoms with Gasteiger partial charge in [0.25, 0.3) is 0 Å². The molecule has 2 heterocycles. The predicted octanol–water partition coefficient (Wildman–Crippen LogP) is 2.32. The molecule has 114 valence electrons. The maximum Gasteiger partial charge on any atom is 0.435 e. The minimum atomic E-state index is -4.49. The summed E-state index contributed by atoms with van der Waals surface area (Å²) < 4.78 is 39.3. The van der Waals surface area contributed by atoms with Gasteiger partial charge < -0.3 is 10.4 Å². The standard InChI is InChI=1S/C13H15F3N4O/c1-12(2)8(6-10(12)21)18-11-7-5-9(13(14,15)16)19-20(7)4-3-17-11/h3-5,8,10,21H,6H2,1-2H3,(H,17,18). The van der Waals surface area contributed by atoms with E-state index in [2.05, 4.69) is 15.4 Å². The van der Waals surface area contributed by atoms with Gasteiger partial charge >= 0.3 is 6.18 Å². The van der Waals surface area contributed by atoms with Crippen LogP contribution in [0.25, 0.3) is 5.52 Å². The second kappa shape index (κ2) is 4.33. The Morgan fingerprint density at radius 2 is 2.14 bits per heavy atom. The Balaban J connectivity index is 1.95. The Morgan fingerprint density at radius 3 is 2.71 bits per heavy atom. The Morgan fingerprint density at radius 1 is 1.43 bits per heavy atom. The molecular weight excluding hydrogens is 285 g/mol. The van der Waals surface area contributed by atoms with Crippen LogP contribution in [0.2, 0.25) is 0 Å². The first kappa shape index (κ1) is 14.1. The van der Waals surface area contributed by atoms with Crippen molar-refractivity contribution < 1.29 is 18.3 Å². The van der Waals surface area contributed by atoms with Crippen molar-refractivity contribution in [3.8, 4) is 0 Å². The number of fused-ring (bicyclic) bond motifs is 1. The zero-order chi connectivity index (χ0) is 15.4. The van der Waals surface area contributed by atoms with Gasteiger partial charge in [0.1, 0.15) is 5.52 Å². The first-order valence-corrected chi connectivity index (χ1v) is 6.56. The van der Waals surface area contributed by atoms with Gasteiger partial charge in [-0.25, -0.2) is 9.50 Å². The van der Waals surface area contributed by atoms with Gasteiger partial charge in [-0.1, -0.05) is 13.8 Å². The molecule has 0 aromatic carbocycles. The van der Waals surface area contributed by atoms with Crippen molar-refractivity contribution in [2.75, 3.05) is 5.32 Å². The maximum atomic E-state index is 12.7. The molecule has 1 saturated carbocycles. The molecule has 2 aromatic heterocycles. The lowest BCUT2D eigenvalue weighted by atomic mass is 9.64. The van der Waals surface area contributed by atoms with Crippen LogP contribution in [0, 0.1) is 5.41 Å². The Kier molecular flexibility index (Phi) is 2.91. The Hall–Kier alpha value is -1.83. The van der Waals surface area contributed by atoms with E-state index < -0.39 is 18.0 Å². The number of aromatic nitrogens is 3. The molecule has 0 amide bonds. The third-order valence-corrected chi connectivity index (χ3v) is 4.21. The number of alkyl halides is 3. The predicted molar refractivity (Wildman–Crippen MR) is 69.8 cm³/mol. The monoisotopic (exact) mass is 300 g/mol. The molecule has 21 heavy (non-hydrogen) atoms. The smallest absolute Gasteiger partial charge is 0.392 e. The molecule has 1 fully saturated rings. The molecule has 2 atom stereocenters. The van der Waals surface area contributed by atoms with E-state index in [4.69, 9.17) is 0 Å². The van der Waals surface area contributed by atoms with Crippen molar-refractivity contribution in [2.24, 2.45) is 5.41 Å². The fourth-order valence-electron chi connectivity index (χ4n) is 2.48. The minimum absolute atomic E-state index is 0.0459. The molecule has 2 aromatic rings. The molecule has 1 aliphatic rings. The number of nitrogens with zero attached hydrogens (tertiary/aromatic N) is 3. The van der Waals surface area contributed by atoms with Crippen LogP contribution < -0.4 is 5.32 Å². The molecule has 0 saturated heterocycles. The number of halogens is 3. The van der Waals surface area contributed by atoms with Crippen molar-refractivity contribution in [1.29, 1.82) is 0 Å². The van der Waals surface area contributed by atoms with Gasteiger partial charge in [0, 0.05) is 29.9 Å². The van der Waals surface area contributed by atoms with Crippen LogP contribution in [0.5, 0.6) is 0 Å². The molecule has 8 heteroatoms. The Bertz CT molecular complexity index is 680. The van der Waals surface area contributed by atoms with Crippen molar-refractivity contribution >= 4 is 11.3 Å². The van der Waals surface area contributed by atoms with E-state index in [0.717, 1.165) is 10.6 Å². The quantitative estimate of drug-likeness (QED) is 0.893. The Labute approximate surface area is 118 Å². The van der Waals surface area contributed by atoms with Crippen LogP contribution in [0.3, 0.4) is 0 Å². The van der Waals surface area contributed by atoms with Crippen LogP contribution in [0.15, 0.2) is 18.5 Å². The van der Waals surface area contributed by atoms with Crippen LogP contribution in [-0.4, -0.2) is 31.9 Å². The summed E-state index contributed by atoms with van der Waals surface area (Å²) >= 11 is 0. The molecule has 5 nitrogen and oxygen atoms in total. The molecule has 0 aliphatic heterocycles. The summed E-state index contributed by atoms with van der Waals surface area (Å²) in [6, 6.07) is 0.924. The first-order valence-electron chi connectivity index (χ1n) is 6.56. The van der Waals surface area contributed by atoms with Gasteiger partial charge in [0.15, 0.2) is 11.5 Å². The van der Waals surface area contributed by atoms with E-state index in [1.54, 1.807) is 0 Å². The molecular formula is C13H15F3N4O. The van der Waals surface area contributed by atoms with Gasteiger partial charge in [0.2, 0.25) is 0 Å². The van der Waals surface area contributed by atoms with Crippen molar-refractivity contribution in [3.05, 3.63) is 24.2 Å². The highest BCUT2D eigenvalue weighted by molar-refractivity contribution is 5.68. The lowest BCUT2D eigenvalue weighted by Gasteiger charge is -2.49. The van der Waals surface area contributed by atoms with Gasteiger partial charge in [-0.15, -0.1) is 0 Å². The van der Waals surface area contributed by atoms with Crippen molar-refractivity contribution in [2.45, 2.75) is 38.6 Å². The second-order valence-corrected chi connectivity index (χ2v) is 5.90. The number of anilines is 1. The summed E-state index contributed by atoms with van der Waals surface area (Å²) in [5.74, 6) is 0.338. The summed E-state index contributed by atoms with van der Waals surface area (Å²) in [6.45, 7) is 3.80. The summed E-state index contributed by atoms with van der Waals surface area (Å²) in [5.41, 5.74) is -1.03. The summed E-state index contributed by atoms with van der Waals surface area (Å²) in [7, 11) is 0. The molecule has 1 aliphatic carbocycles. The third kappa shape index (κ3) is 2.23. The van der Waals surface area contributed by atoms with E-state index in [9.17, 15) is 18.3 Å².